The van der Waals surface area contributed by atoms with Crippen molar-refractivity contribution in [1.29, 1.82) is 0 Å². The fraction of sp³-hybridized carbons (Fsp3) is 0.250. The minimum atomic E-state index is -0.327. The molecule has 110 valence electrons. The lowest BCUT2D eigenvalue weighted by Gasteiger charge is -2.10. The van der Waals surface area contributed by atoms with Gasteiger partial charge < -0.3 is 14.8 Å². The van der Waals surface area contributed by atoms with Crippen LogP contribution in [0.2, 0.25) is 5.02 Å². The zero-order valence-electron chi connectivity index (χ0n) is 11.5. The maximum atomic E-state index is 13.6. The van der Waals surface area contributed by atoms with Crippen LogP contribution in [0.3, 0.4) is 0 Å². The number of rotatable bonds is 4. The summed E-state index contributed by atoms with van der Waals surface area (Å²) >= 11 is 5.86. The summed E-state index contributed by atoms with van der Waals surface area (Å²) in [6.45, 7) is 0.735. The van der Waals surface area contributed by atoms with E-state index in [9.17, 15) is 4.39 Å². The third kappa shape index (κ3) is 2.96. The first kappa shape index (κ1) is 14.2. The van der Waals surface area contributed by atoms with E-state index in [0.717, 1.165) is 11.3 Å². The molecule has 0 radical (unpaired) electrons. The smallest absolute Gasteiger partial charge is 0.129 e. The molecule has 0 saturated carbocycles. The quantitative estimate of drug-likeness (QED) is 0.934. The van der Waals surface area contributed by atoms with Gasteiger partial charge in [0.2, 0.25) is 0 Å². The Bertz CT molecular complexity index is 663. The second-order valence-electron chi connectivity index (χ2n) is 4.88. The molecule has 2 aromatic rings. The molecule has 0 bridgehead atoms. The van der Waals surface area contributed by atoms with Crippen LogP contribution < -0.4 is 14.8 Å². The summed E-state index contributed by atoms with van der Waals surface area (Å²) in [5.74, 6) is 1.12. The molecule has 0 spiro atoms. The Hall–Kier alpha value is -1.78. The lowest BCUT2D eigenvalue weighted by Crippen LogP contribution is -2.17. The molecule has 1 aliphatic heterocycles. The van der Waals surface area contributed by atoms with Crippen molar-refractivity contribution in [1.82, 2.24) is 5.32 Å². The number of likely N-dealkylation sites (N-methyl/N-ethyl adjacent to an activating group) is 1. The monoisotopic (exact) mass is 307 g/mol. The fourth-order valence-electron chi connectivity index (χ4n) is 2.33. The van der Waals surface area contributed by atoms with Gasteiger partial charge in [-0.25, -0.2) is 4.39 Å². The van der Waals surface area contributed by atoms with E-state index in [4.69, 9.17) is 21.1 Å². The number of benzene rings is 2. The summed E-state index contributed by atoms with van der Waals surface area (Å²) in [5.41, 5.74) is 1.54. The SMILES string of the molecule is CNC1COc2cc(OCc3cc(Cl)ccc3F)ccc21. The molecule has 3 nitrogen and oxygen atoms in total. The summed E-state index contributed by atoms with van der Waals surface area (Å²) in [5, 5.41) is 3.67. The normalized spacial score (nSPS) is 16.4. The highest BCUT2D eigenvalue weighted by molar-refractivity contribution is 6.30. The molecular weight excluding hydrogens is 293 g/mol. The van der Waals surface area contributed by atoms with Gasteiger partial charge in [-0.15, -0.1) is 0 Å². The minimum absolute atomic E-state index is 0.126. The zero-order valence-corrected chi connectivity index (χ0v) is 12.3. The van der Waals surface area contributed by atoms with E-state index in [1.807, 2.05) is 25.2 Å². The van der Waals surface area contributed by atoms with E-state index >= 15 is 0 Å². The zero-order chi connectivity index (χ0) is 14.8. The van der Waals surface area contributed by atoms with Gasteiger partial charge in [0.05, 0.1) is 6.04 Å². The van der Waals surface area contributed by atoms with Crippen molar-refractivity contribution in [3.63, 3.8) is 0 Å². The first-order valence-corrected chi connectivity index (χ1v) is 7.06. The molecule has 0 aliphatic carbocycles. The summed E-state index contributed by atoms with van der Waals surface area (Å²) in [6, 6.07) is 10.3. The predicted molar refractivity (Wildman–Crippen MR) is 79.5 cm³/mol. The molecule has 1 heterocycles. The molecule has 0 aromatic heterocycles. The van der Waals surface area contributed by atoms with Gasteiger partial charge in [-0.05, 0) is 37.4 Å². The van der Waals surface area contributed by atoms with Crippen molar-refractivity contribution >= 4 is 11.6 Å². The fourth-order valence-corrected chi connectivity index (χ4v) is 2.53. The molecule has 21 heavy (non-hydrogen) atoms. The van der Waals surface area contributed by atoms with E-state index < -0.39 is 0 Å². The lowest BCUT2D eigenvalue weighted by atomic mass is 10.1. The molecule has 1 aliphatic rings. The average Bonchev–Trinajstić information content (AvgIpc) is 2.90. The van der Waals surface area contributed by atoms with Gasteiger partial charge in [-0.2, -0.15) is 0 Å². The van der Waals surface area contributed by atoms with Gasteiger partial charge in [0.25, 0.3) is 0 Å². The molecular formula is C16H15ClFNO2. The molecule has 2 aromatic carbocycles. The highest BCUT2D eigenvalue weighted by Crippen LogP contribution is 2.35. The maximum Gasteiger partial charge on any atom is 0.129 e. The van der Waals surface area contributed by atoms with Crippen LogP contribution in [-0.2, 0) is 6.61 Å². The molecule has 1 N–H and O–H groups in total. The van der Waals surface area contributed by atoms with E-state index in [0.29, 0.717) is 22.9 Å². The van der Waals surface area contributed by atoms with Gasteiger partial charge in [0.1, 0.15) is 30.5 Å². The first-order valence-electron chi connectivity index (χ1n) is 6.68. The molecule has 3 rings (SSSR count). The first-order chi connectivity index (χ1) is 10.2. The van der Waals surface area contributed by atoms with Crippen molar-refractivity contribution in [3.05, 3.63) is 58.4 Å². The Kier molecular flexibility index (Phi) is 3.99. The summed E-state index contributed by atoms with van der Waals surface area (Å²) < 4.78 is 24.8. The molecule has 1 atom stereocenters. The Morgan fingerprint density at radius 2 is 2.19 bits per heavy atom. The Balaban J connectivity index is 1.73. The topological polar surface area (TPSA) is 30.5 Å². The number of nitrogens with one attached hydrogen (secondary N) is 1. The van der Waals surface area contributed by atoms with Crippen LogP contribution in [-0.4, -0.2) is 13.7 Å². The number of ether oxygens (including phenoxy) is 2. The molecule has 5 heteroatoms. The number of hydrogen-bond acceptors (Lipinski definition) is 3. The Morgan fingerprint density at radius 3 is 3.00 bits per heavy atom. The summed E-state index contributed by atoms with van der Waals surface area (Å²) in [6.07, 6.45) is 0. The van der Waals surface area contributed by atoms with Crippen LogP contribution in [0.25, 0.3) is 0 Å². The van der Waals surface area contributed by atoms with Crippen molar-refractivity contribution in [2.75, 3.05) is 13.7 Å². The van der Waals surface area contributed by atoms with Gasteiger partial charge in [0, 0.05) is 22.2 Å². The van der Waals surface area contributed by atoms with E-state index in [-0.39, 0.29) is 18.5 Å². The third-order valence-corrected chi connectivity index (χ3v) is 3.75. The van der Waals surface area contributed by atoms with Gasteiger partial charge in [-0.1, -0.05) is 11.6 Å². The Morgan fingerprint density at radius 1 is 1.33 bits per heavy atom. The highest BCUT2D eigenvalue weighted by atomic mass is 35.5. The van der Waals surface area contributed by atoms with Crippen LogP contribution in [0.5, 0.6) is 11.5 Å². The van der Waals surface area contributed by atoms with Gasteiger partial charge in [-0.3, -0.25) is 0 Å². The lowest BCUT2D eigenvalue weighted by molar-refractivity contribution is 0.294. The largest absolute Gasteiger partial charge is 0.491 e. The van der Waals surface area contributed by atoms with Crippen LogP contribution in [0.1, 0.15) is 17.2 Å². The second kappa shape index (κ2) is 5.92. The van der Waals surface area contributed by atoms with Crippen LogP contribution in [0, 0.1) is 5.82 Å². The standard InChI is InChI=1S/C16H15ClFNO2/c1-19-15-9-21-16-7-12(3-4-13(15)16)20-8-10-6-11(17)2-5-14(10)18/h2-7,15,19H,8-9H2,1H3. The maximum absolute atomic E-state index is 13.6. The van der Waals surface area contributed by atoms with Crippen molar-refractivity contribution in [3.8, 4) is 11.5 Å². The van der Waals surface area contributed by atoms with Crippen LogP contribution in [0.4, 0.5) is 4.39 Å². The molecule has 0 amide bonds. The molecule has 1 unspecified atom stereocenters. The van der Waals surface area contributed by atoms with Crippen molar-refractivity contribution < 1.29 is 13.9 Å². The van der Waals surface area contributed by atoms with Crippen molar-refractivity contribution in [2.45, 2.75) is 12.6 Å². The van der Waals surface area contributed by atoms with E-state index in [1.165, 1.54) is 12.1 Å². The summed E-state index contributed by atoms with van der Waals surface area (Å²) in [7, 11) is 1.90. The van der Waals surface area contributed by atoms with Gasteiger partial charge in [0.15, 0.2) is 0 Å². The number of hydrogen-bond donors (Lipinski definition) is 1. The highest BCUT2D eigenvalue weighted by Gasteiger charge is 2.22. The molecule has 0 saturated heterocycles. The summed E-state index contributed by atoms with van der Waals surface area (Å²) in [4.78, 5) is 0. The van der Waals surface area contributed by atoms with E-state index in [2.05, 4.69) is 5.32 Å². The van der Waals surface area contributed by atoms with Crippen LogP contribution in [0.15, 0.2) is 36.4 Å². The van der Waals surface area contributed by atoms with Crippen molar-refractivity contribution in [2.24, 2.45) is 0 Å². The third-order valence-electron chi connectivity index (χ3n) is 3.52. The minimum Gasteiger partial charge on any atom is -0.491 e. The molecule has 0 fully saturated rings. The number of halogens is 2. The average molecular weight is 308 g/mol. The van der Waals surface area contributed by atoms with Crippen LogP contribution >= 0.6 is 11.6 Å². The predicted octanol–water partition coefficient (Wildman–Crippen LogP) is 3.71. The van der Waals surface area contributed by atoms with E-state index in [1.54, 1.807) is 6.07 Å². The Labute approximate surface area is 127 Å². The number of fused-ring (bicyclic) bond motifs is 1. The second-order valence-corrected chi connectivity index (χ2v) is 5.31. The van der Waals surface area contributed by atoms with Gasteiger partial charge >= 0.3 is 0 Å².